The van der Waals surface area contributed by atoms with Gasteiger partial charge in [0.25, 0.3) is 0 Å². The van der Waals surface area contributed by atoms with Crippen molar-refractivity contribution in [1.29, 1.82) is 0 Å². The molecule has 0 saturated carbocycles. The van der Waals surface area contributed by atoms with E-state index in [1.807, 2.05) is 0 Å². The summed E-state index contributed by atoms with van der Waals surface area (Å²) in [7, 11) is -3.04. The molecule has 3 aliphatic heterocycles. The van der Waals surface area contributed by atoms with Gasteiger partial charge in [0.1, 0.15) is 0 Å². The van der Waals surface area contributed by atoms with Crippen LogP contribution in [0.5, 0.6) is 0 Å². The van der Waals surface area contributed by atoms with Gasteiger partial charge in [-0.15, -0.1) is 0 Å². The number of hydrogen-bond acceptors (Lipinski definition) is 4. The smallest absolute Gasteiger partial charge is 0.227 e. The van der Waals surface area contributed by atoms with Crippen molar-refractivity contribution in [2.75, 3.05) is 0 Å². The van der Waals surface area contributed by atoms with Crippen LogP contribution in [0.3, 0.4) is 0 Å². The third-order valence-corrected chi connectivity index (χ3v) is 5.57. The summed E-state index contributed by atoms with van der Waals surface area (Å²) in [6.45, 7) is 6.35. The average molecular weight is 290 g/mol. The molecule has 0 unspecified atom stereocenters. The Hall–Kier alpha value is 0.110. The fraction of sp³-hybridized carbons (Fsp3) is 1.00. The first-order valence-electron chi connectivity index (χ1n) is 7.65. The fourth-order valence-electron chi connectivity index (χ4n) is 2.69. The maximum atomic E-state index is 11.2. The van der Waals surface area contributed by atoms with Crippen molar-refractivity contribution >= 4 is 7.82 Å². The normalized spacial score (nSPS) is 32.8. The van der Waals surface area contributed by atoms with Crippen LogP contribution in [0.2, 0.25) is 0 Å². The van der Waals surface area contributed by atoms with Gasteiger partial charge in [-0.3, -0.25) is 0 Å². The molecule has 0 aromatic heterocycles. The van der Waals surface area contributed by atoms with Gasteiger partial charge in [0.05, 0.1) is 0 Å². The van der Waals surface area contributed by atoms with Crippen LogP contribution in [0.25, 0.3) is 0 Å². The highest BCUT2D eigenvalue weighted by Crippen LogP contribution is 2.84. The van der Waals surface area contributed by atoms with E-state index < -0.39 is 13.8 Å². The monoisotopic (exact) mass is 290 g/mol. The lowest BCUT2D eigenvalue weighted by Gasteiger charge is -2.61. The van der Waals surface area contributed by atoms with Crippen LogP contribution in [-0.2, 0) is 18.1 Å². The van der Waals surface area contributed by atoms with E-state index in [0.717, 1.165) is 12.8 Å². The summed E-state index contributed by atoms with van der Waals surface area (Å²) in [4.78, 5) is 0. The molecular formula is C14H27O4P. The SMILES string of the molecule is CCCCCCCCCCC(C)(C)C12OP(=O)(O1)O2. The molecular weight excluding hydrogens is 263 g/mol. The third-order valence-electron chi connectivity index (χ3n) is 4.18. The largest absolute Gasteiger partial charge is 0.488 e. The molecule has 0 spiro atoms. The van der Waals surface area contributed by atoms with Gasteiger partial charge < -0.3 is 0 Å². The van der Waals surface area contributed by atoms with Crippen molar-refractivity contribution in [2.45, 2.75) is 84.5 Å². The van der Waals surface area contributed by atoms with Crippen molar-refractivity contribution < 1.29 is 18.1 Å². The van der Waals surface area contributed by atoms with E-state index in [1.54, 1.807) is 0 Å². The Morgan fingerprint density at radius 2 is 1.37 bits per heavy atom. The van der Waals surface area contributed by atoms with E-state index in [9.17, 15) is 4.57 Å². The van der Waals surface area contributed by atoms with Crippen molar-refractivity contribution in [3.8, 4) is 0 Å². The van der Waals surface area contributed by atoms with Gasteiger partial charge in [-0.1, -0.05) is 72.1 Å². The van der Waals surface area contributed by atoms with E-state index in [2.05, 4.69) is 20.8 Å². The summed E-state index contributed by atoms with van der Waals surface area (Å²) in [6, 6.07) is 0. The molecule has 3 aliphatic rings. The van der Waals surface area contributed by atoms with Crippen LogP contribution < -0.4 is 0 Å². The van der Waals surface area contributed by atoms with Gasteiger partial charge in [-0.2, -0.15) is 0 Å². The highest BCUT2D eigenvalue weighted by molar-refractivity contribution is 7.51. The van der Waals surface area contributed by atoms with Crippen LogP contribution in [-0.4, -0.2) is 5.97 Å². The Morgan fingerprint density at radius 3 is 1.84 bits per heavy atom. The van der Waals surface area contributed by atoms with Crippen LogP contribution in [0, 0.1) is 5.41 Å². The standard InChI is InChI=1S/C14H27O4P/c1-4-5-6-7-8-9-10-11-12-13(2,3)14-16-19(15,17-14)18-14/h4-12H2,1-3H3. The second-order valence-corrected chi connectivity index (χ2v) is 7.83. The topological polar surface area (TPSA) is 44.8 Å². The lowest BCUT2D eigenvalue weighted by molar-refractivity contribution is -0.471. The number of phosphoric acid groups is 1. The Morgan fingerprint density at radius 1 is 0.895 bits per heavy atom. The predicted molar refractivity (Wildman–Crippen MR) is 74.6 cm³/mol. The van der Waals surface area contributed by atoms with Gasteiger partial charge >= 0.3 is 13.8 Å². The summed E-state index contributed by atoms with van der Waals surface area (Å²) >= 11 is 0. The minimum atomic E-state index is -3.04. The van der Waals surface area contributed by atoms with Gasteiger partial charge in [0.2, 0.25) is 0 Å². The lowest BCUT2D eigenvalue weighted by atomic mass is 9.84. The van der Waals surface area contributed by atoms with Gasteiger partial charge in [0.15, 0.2) is 0 Å². The van der Waals surface area contributed by atoms with Gasteiger partial charge in [-0.25, -0.2) is 18.1 Å². The summed E-state index contributed by atoms with van der Waals surface area (Å²) < 4.78 is 26.8. The van der Waals surface area contributed by atoms with Crippen molar-refractivity contribution in [3.63, 3.8) is 0 Å². The van der Waals surface area contributed by atoms with Crippen LogP contribution in [0.15, 0.2) is 0 Å². The van der Waals surface area contributed by atoms with E-state index >= 15 is 0 Å². The molecule has 3 rings (SSSR count). The van der Waals surface area contributed by atoms with Crippen molar-refractivity contribution in [2.24, 2.45) is 5.41 Å². The van der Waals surface area contributed by atoms with E-state index in [-0.39, 0.29) is 5.41 Å². The van der Waals surface area contributed by atoms with Gasteiger partial charge in [-0.05, 0) is 6.42 Å². The first-order chi connectivity index (χ1) is 8.93. The third kappa shape index (κ3) is 3.24. The zero-order chi connectivity index (χ0) is 14.0. The number of hydrogen-bond donors (Lipinski definition) is 0. The molecule has 112 valence electrons. The summed E-state index contributed by atoms with van der Waals surface area (Å²) in [5.74, 6) is -0.996. The molecule has 4 nitrogen and oxygen atoms in total. The Kier molecular flexibility index (Phi) is 4.77. The second-order valence-electron chi connectivity index (χ2n) is 6.39. The molecule has 3 heterocycles. The Balaban J connectivity index is 1.52. The molecule has 5 heteroatoms. The maximum Gasteiger partial charge on any atom is 0.488 e. The molecule has 0 N–H and O–H groups in total. The molecule has 0 amide bonds. The molecule has 0 aliphatic carbocycles. The van der Waals surface area contributed by atoms with E-state index in [0.29, 0.717) is 0 Å². The molecule has 3 fully saturated rings. The minimum absolute atomic E-state index is 0.221. The average Bonchev–Trinajstić information content (AvgIpc) is 2.27. The molecule has 0 aromatic carbocycles. The van der Waals surface area contributed by atoms with E-state index in [1.165, 1.54) is 44.9 Å². The molecule has 0 aromatic rings. The highest BCUT2D eigenvalue weighted by atomic mass is 31.2. The summed E-state index contributed by atoms with van der Waals surface area (Å²) in [5.41, 5.74) is -0.221. The quantitative estimate of drug-likeness (QED) is 0.400. The zero-order valence-corrected chi connectivity index (χ0v) is 13.3. The molecule has 2 bridgehead atoms. The Labute approximate surface area is 116 Å². The van der Waals surface area contributed by atoms with Crippen LogP contribution in [0.4, 0.5) is 0 Å². The van der Waals surface area contributed by atoms with Crippen LogP contribution in [0.1, 0.15) is 78.6 Å². The number of unbranched alkanes of at least 4 members (excludes halogenated alkanes) is 7. The van der Waals surface area contributed by atoms with Crippen LogP contribution >= 0.6 is 7.82 Å². The summed E-state index contributed by atoms with van der Waals surface area (Å²) in [5, 5.41) is 0. The zero-order valence-electron chi connectivity index (χ0n) is 12.4. The minimum Gasteiger partial charge on any atom is -0.227 e. The first-order valence-corrected chi connectivity index (χ1v) is 9.11. The fourth-order valence-corrected chi connectivity index (χ4v) is 4.35. The van der Waals surface area contributed by atoms with Crippen molar-refractivity contribution in [3.05, 3.63) is 0 Å². The number of rotatable bonds is 10. The highest BCUT2D eigenvalue weighted by Gasteiger charge is 2.80. The van der Waals surface area contributed by atoms with Gasteiger partial charge in [0, 0.05) is 5.41 Å². The maximum absolute atomic E-state index is 11.2. The first kappa shape index (κ1) is 15.5. The second kappa shape index (κ2) is 5.85. The number of phosphoric ester groups is 1. The summed E-state index contributed by atoms with van der Waals surface area (Å²) in [6.07, 6.45) is 11.4. The molecule has 3 saturated heterocycles. The molecule has 0 atom stereocenters. The Bertz CT molecular complexity index is 327. The predicted octanol–water partition coefficient (Wildman–Crippen LogP) is 5.38. The molecule has 19 heavy (non-hydrogen) atoms. The van der Waals surface area contributed by atoms with Crippen molar-refractivity contribution in [1.82, 2.24) is 0 Å². The lowest BCUT2D eigenvalue weighted by Crippen LogP contribution is -2.65. The van der Waals surface area contributed by atoms with E-state index in [4.69, 9.17) is 13.6 Å². The molecule has 0 radical (unpaired) electrons.